The quantitative estimate of drug-likeness (QED) is 0.0743. The van der Waals surface area contributed by atoms with Gasteiger partial charge in [-0.1, -0.05) is 56.3 Å². The number of nitrogens with one attached hydrogen (secondary N) is 6. The van der Waals surface area contributed by atoms with Crippen LogP contribution in [0.25, 0.3) is 0 Å². The van der Waals surface area contributed by atoms with Crippen LogP contribution in [0, 0.1) is 12.8 Å². The lowest BCUT2D eigenvalue weighted by molar-refractivity contribution is -0.142. The first-order chi connectivity index (χ1) is 28.9. The third-order valence-electron chi connectivity index (χ3n) is 10.5. The van der Waals surface area contributed by atoms with E-state index in [2.05, 4.69) is 36.9 Å². The van der Waals surface area contributed by atoms with Gasteiger partial charge in [0.15, 0.2) is 5.96 Å². The van der Waals surface area contributed by atoms with Gasteiger partial charge in [-0.25, -0.2) is 9.59 Å². The number of guanidine groups is 1. The first kappa shape index (κ1) is 49.0. The predicted octanol–water partition coefficient (Wildman–Crippen LogP) is 0.308. The van der Waals surface area contributed by atoms with E-state index in [-0.39, 0.29) is 63.3 Å². The van der Waals surface area contributed by atoms with Crippen LogP contribution in [0.5, 0.6) is 5.75 Å². The number of urea groups is 1. The summed E-state index contributed by atoms with van der Waals surface area (Å²) >= 11 is 0. The molecule has 3 rings (SSSR count). The normalized spacial score (nSPS) is 21.6. The second-order valence-electron chi connectivity index (χ2n) is 15.6. The van der Waals surface area contributed by atoms with Crippen molar-refractivity contribution in [2.45, 2.75) is 115 Å². The van der Waals surface area contributed by atoms with Crippen LogP contribution >= 0.6 is 0 Å². The number of amides is 7. The number of nitrogens with two attached hydrogens (primary N) is 2. The van der Waals surface area contributed by atoms with Gasteiger partial charge in [-0.3, -0.25) is 29.0 Å². The van der Waals surface area contributed by atoms with E-state index < -0.39 is 83.7 Å². The summed E-state index contributed by atoms with van der Waals surface area (Å²) in [7, 11) is 1.42. The third kappa shape index (κ3) is 15.9. The molecule has 19 heteroatoms. The maximum Gasteiger partial charge on any atom is 0.326 e. The number of nitrogens with zero attached hydrogens (tertiary/aromatic N) is 2. The first-order valence-corrected chi connectivity index (χ1v) is 20.5. The fourth-order valence-corrected chi connectivity index (χ4v) is 6.65. The zero-order valence-corrected chi connectivity index (χ0v) is 35.5. The lowest BCUT2D eigenvalue weighted by atomic mass is 9.99. The smallest absolute Gasteiger partial charge is 0.326 e. The van der Waals surface area contributed by atoms with Crippen molar-refractivity contribution in [2.24, 2.45) is 22.4 Å². The molecule has 19 nitrogen and oxygen atoms in total. The van der Waals surface area contributed by atoms with E-state index in [0.29, 0.717) is 18.4 Å². The summed E-state index contributed by atoms with van der Waals surface area (Å²) < 4.78 is 0. The van der Waals surface area contributed by atoms with E-state index in [4.69, 9.17) is 11.5 Å². The van der Waals surface area contributed by atoms with Crippen molar-refractivity contribution < 1.29 is 43.8 Å². The van der Waals surface area contributed by atoms with Gasteiger partial charge >= 0.3 is 12.0 Å². The fraction of sp³-hybridized carbons (Fsp3) is 0.524. The molecule has 7 amide bonds. The molecule has 1 aliphatic rings. The van der Waals surface area contributed by atoms with Crippen molar-refractivity contribution in [3.05, 3.63) is 65.2 Å². The van der Waals surface area contributed by atoms with Crippen molar-refractivity contribution in [1.29, 1.82) is 0 Å². The fourth-order valence-electron chi connectivity index (χ4n) is 6.65. The molecule has 2 aromatic rings. The highest BCUT2D eigenvalue weighted by Crippen LogP contribution is 2.19. The van der Waals surface area contributed by atoms with Crippen LogP contribution < -0.4 is 43.4 Å². The number of phenolic OH excluding ortho intramolecular Hbond substituents is 1. The summed E-state index contributed by atoms with van der Waals surface area (Å²) in [5.41, 5.74) is 12.9. The SMILES string of the molecule is Cc1cc(CCC2NC(=O)[C@H](C(C)C)NC(=O)[C@H](NC(=O)N[C@@H](CCCN=C(N)N)C(=O)O)CCCCNC(=O)[C@H](Cc3ccccc3)NC(=O)[C@H](C)N(C)C2=O)ccc1O. The van der Waals surface area contributed by atoms with Crippen LogP contribution in [0.2, 0.25) is 0 Å². The molecule has 12 N–H and O–H groups in total. The van der Waals surface area contributed by atoms with Gasteiger partial charge in [-0.05, 0) is 87.5 Å². The minimum atomic E-state index is -1.34. The number of aliphatic imine (C=N–C) groups is 1. The Morgan fingerprint density at radius 2 is 1.61 bits per heavy atom. The number of carbonyl (C=O) groups is 7. The number of phenols is 1. The molecule has 0 aromatic heterocycles. The molecule has 1 fully saturated rings. The number of carboxylic acids is 1. The number of likely N-dealkylation sites (N-methyl/N-ethyl adjacent to an activating group) is 1. The van der Waals surface area contributed by atoms with Crippen LogP contribution in [-0.4, -0.2) is 119 Å². The average molecular weight is 851 g/mol. The largest absolute Gasteiger partial charge is 0.508 e. The Morgan fingerprint density at radius 3 is 2.25 bits per heavy atom. The average Bonchev–Trinajstić information content (AvgIpc) is 3.21. The second-order valence-corrected chi connectivity index (χ2v) is 15.6. The van der Waals surface area contributed by atoms with Crippen molar-refractivity contribution >= 4 is 47.5 Å². The molecule has 61 heavy (non-hydrogen) atoms. The Bertz CT molecular complexity index is 1870. The van der Waals surface area contributed by atoms with Gasteiger partial charge in [0.05, 0.1) is 0 Å². The molecule has 0 saturated carbocycles. The number of aromatic hydroxyl groups is 1. The molecular formula is C42H62N10O9. The van der Waals surface area contributed by atoms with Gasteiger partial charge in [0.1, 0.15) is 42.0 Å². The molecule has 334 valence electrons. The highest BCUT2D eigenvalue weighted by atomic mass is 16.4. The monoisotopic (exact) mass is 850 g/mol. The molecule has 1 aliphatic heterocycles. The minimum Gasteiger partial charge on any atom is -0.508 e. The molecule has 0 spiro atoms. The third-order valence-corrected chi connectivity index (χ3v) is 10.5. The number of aliphatic carboxylic acids is 1. The van der Waals surface area contributed by atoms with Crippen molar-refractivity contribution in [3.63, 3.8) is 0 Å². The molecular weight excluding hydrogens is 789 g/mol. The Hall–Kier alpha value is -6.40. The maximum atomic E-state index is 14.2. The highest BCUT2D eigenvalue weighted by molar-refractivity contribution is 5.96. The molecule has 0 radical (unpaired) electrons. The summed E-state index contributed by atoms with van der Waals surface area (Å²) in [6.07, 6.45) is 1.40. The zero-order chi connectivity index (χ0) is 45.2. The lowest BCUT2D eigenvalue weighted by Gasteiger charge is -2.31. The van der Waals surface area contributed by atoms with Crippen molar-refractivity contribution in [3.8, 4) is 5.75 Å². The molecule has 1 unspecified atom stereocenters. The number of rotatable bonds is 13. The van der Waals surface area contributed by atoms with Gasteiger partial charge < -0.3 is 58.5 Å². The summed E-state index contributed by atoms with van der Waals surface area (Å²) in [6.45, 7) is 6.91. The Labute approximate surface area is 356 Å². The molecule has 2 aromatic carbocycles. The number of carboxylic acid groups (broad SMARTS) is 1. The van der Waals surface area contributed by atoms with Crippen LogP contribution in [0.15, 0.2) is 53.5 Å². The van der Waals surface area contributed by atoms with E-state index in [1.165, 1.54) is 24.9 Å². The van der Waals surface area contributed by atoms with Gasteiger partial charge in [-0.15, -0.1) is 0 Å². The van der Waals surface area contributed by atoms with Gasteiger partial charge in [0.25, 0.3) is 0 Å². The predicted molar refractivity (Wildman–Crippen MR) is 228 cm³/mol. The minimum absolute atomic E-state index is 0.0163. The first-order valence-electron chi connectivity index (χ1n) is 20.5. The van der Waals surface area contributed by atoms with Crippen molar-refractivity contribution in [2.75, 3.05) is 20.1 Å². The topological polar surface area (TPSA) is 300 Å². The standard InChI is InChI=1S/C42H62N10O9/c1-24(2)34-38(57)47-30(18-16-28-17-19-33(53)25(3)22-28)39(58)52(5)26(4)35(54)48-32(23-27-12-7-6-8-13-27)36(55)45-20-10-9-14-29(37(56)51-34)49-42(61)50-31(40(59)60)15-11-21-46-41(43)44/h6-8,12-13,17,19,22,24,26,29-32,34,53H,9-11,14-16,18,20-21,23H2,1-5H3,(H,45,55)(H,47,57)(H,48,54)(H,51,56)(H,59,60)(H4,43,44,46)(H2,49,50,61)/t26-,29+,30?,31-,32-,34-/m0/s1. The number of hydrogen-bond donors (Lipinski definition) is 10. The van der Waals surface area contributed by atoms with Crippen molar-refractivity contribution in [1.82, 2.24) is 36.8 Å². The van der Waals surface area contributed by atoms with E-state index in [1.54, 1.807) is 32.9 Å². The lowest BCUT2D eigenvalue weighted by Crippen LogP contribution is -2.60. The van der Waals surface area contributed by atoms with Crippen LogP contribution in [0.4, 0.5) is 4.79 Å². The van der Waals surface area contributed by atoms with E-state index >= 15 is 0 Å². The summed E-state index contributed by atoms with van der Waals surface area (Å²) in [4.78, 5) is 99.8. The molecule has 0 bridgehead atoms. The number of hydrogen-bond acceptors (Lipinski definition) is 9. The summed E-state index contributed by atoms with van der Waals surface area (Å²) in [5.74, 6) is -5.00. The highest BCUT2D eigenvalue weighted by Gasteiger charge is 2.35. The Balaban J connectivity index is 1.96. The van der Waals surface area contributed by atoms with E-state index in [1.807, 2.05) is 30.3 Å². The Kier molecular flexibility index (Phi) is 19.3. The molecule has 0 aliphatic carbocycles. The molecule has 6 atom stereocenters. The zero-order valence-electron chi connectivity index (χ0n) is 35.5. The number of aryl methyl sites for hydroxylation is 2. The molecule has 1 saturated heterocycles. The van der Waals surface area contributed by atoms with E-state index in [0.717, 1.165) is 11.1 Å². The summed E-state index contributed by atoms with van der Waals surface area (Å²) in [6, 6.07) is 6.05. The van der Waals surface area contributed by atoms with Crippen LogP contribution in [0.3, 0.4) is 0 Å². The van der Waals surface area contributed by atoms with E-state index in [9.17, 15) is 43.8 Å². The van der Waals surface area contributed by atoms with Gasteiger partial charge in [0.2, 0.25) is 29.5 Å². The van der Waals surface area contributed by atoms with Crippen LogP contribution in [-0.2, 0) is 41.6 Å². The summed E-state index contributed by atoms with van der Waals surface area (Å²) in [5, 5.41) is 35.9. The number of carbonyl (C=O) groups excluding carboxylic acids is 6. The number of benzene rings is 2. The Morgan fingerprint density at radius 1 is 0.918 bits per heavy atom. The van der Waals surface area contributed by atoms with Gasteiger partial charge in [0, 0.05) is 26.6 Å². The van der Waals surface area contributed by atoms with Crippen LogP contribution in [0.1, 0.15) is 76.0 Å². The van der Waals surface area contributed by atoms with Gasteiger partial charge in [-0.2, -0.15) is 0 Å². The maximum absolute atomic E-state index is 14.2. The second kappa shape index (κ2) is 24.0. The molecule has 1 heterocycles.